The molecule has 0 atom stereocenters. The van der Waals surface area contributed by atoms with Gasteiger partial charge in [-0.25, -0.2) is 0 Å². The third-order valence-corrected chi connectivity index (χ3v) is 5.31. The van der Waals surface area contributed by atoms with Gasteiger partial charge in [0.05, 0.1) is 16.4 Å². The lowest BCUT2D eigenvalue weighted by Crippen LogP contribution is -2.28. The number of hydrogen-bond donors (Lipinski definition) is 4. The molecule has 1 aliphatic rings. The van der Waals surface area contributed by atoms with Crippen LogP contribution in [-0.4, -0.2) is 26.2 Å². The number of Topliss-reactive ketones (excluding diaryl/α,β-unsaturated/α-hetero) is 1. The monoisotopic (exact) mass is 392 g/mol. The quantitative estimate of drug-likeness (QED) is 0.642. The van der Waals surface area contributed by atoms with E-state index in [1.54, 1.807) is 32.0 Å². The van der Waals surface area contributed by atoms with E-state index in [9.17, 15) is 25.2 Å². The number of rotatable bonds is 3. The van der Waals surface area contributed by atoms with Crippen LogP contribution in [0.4, 0.5) is 0 Å². The summed E-state index contributed by atoms with van der Waals surface area (Å²) >= 11 is 0. The van der Waals surface area contributed by atoms with Gasteiger partial charge in [0.1, 0.15) is 23.0 Å². The molecular formula is C24H24O5. The summed E-state index contributed by atoms with van der Waals surface area (Å²) in [5.41, 5.74) is 2.44. The van der Waals surface area contributed by atoms with E-state index in [1.807, 2.05) is 13.8 Å². The Morgan fingerprint density at radius 1 is 0.897 bits per heavy atom. The maximum absolute atomic E-state index is 12.8. The van der Waals surface area contributed by atoms with Gasteiger partial charge in [-0.15, -0.1) is 0 Å². The molecule has 5 nitrogen and oxygen atoms in total. The molecule has 0 aliphatic heterocycles. The Kier molecular flexibility index (Phi) is 5.01. The van der Waals surface area contributed by atoms with Crippen molar-refractivity contribution in [1.29, 1.82) is 0 Å². The highest BCUT2D eigenvalue weighted by Crippen LogP contribution is 2.41. The third kappa shape index (κ3) is 3.29. The molecule has 5 heteroatoms. The van der Waals surface area contributed by atoms with Gasteiger partial charge in [0.2, 0.25) is 5.78 Å². The molecule has 0 radical (unpaired) electrons. The van der Waals surface area contributed by atoms with Crippen molar-refractivity contribution in [3.8, 4) is 17.2 Å². The number of carbonyl (C=O) groups is 1. The van der Waals surface area contributed by atoms with E-state index in [2.05, 4.69) is 6.58 Å². The molecule has 0 amide bonds. The number of phenols is 3. The van der Waals surface area contributed by atoms with Crippen LogP contribution in [0.5, 0.6) is 17.2 Å². The lowest BCUT2D eigenvalue weighted by atomic mass is 9.81. The van der Waals surface area contributed by atoms with E-state index in [-0.39, 0.29) is 50.9 Å². The summed E-state index contributed by atoms with van der Waals surface area (Å²) in [5.74, 6) is -1.50. The second-order valence-electron chi connectivity index (χ2n) is 7.65. The maximum Gasteiger partial charge on any atom is 0.202 e. The highest BCUT2D eigenvalue weighted by atomic mass is 16.3. The van der Waals surface area contributed by atoms with Gasteiger partial charge >= 0.3 is 0 Å². The molecule has 0 unspecified atom stereocenters. The molecule has 3 rings (SSSR count). The van der Waals surface area contributed by atoms with Gasteiger partial charge in [0.25, 0.3) is 0 Å². The van der Waals surface area contributed by atoms with Crippen LogP contribution >= 0.6 is 0 Å². The number of benzene rings is 2. The number of ketones is 1. The Labute approximate surface area is 168 Å². The van der Waals surface area contributed by atoms with E-state index >= 15 is 0 Å². The van der Waals surface area contributed by atoms with Crippen molar-refractivity contribution in [3.05, 3.63) is 69.8 Å². The lowest BCUT2D eigenvalue weighted by Gasteiger charge is -2.23. The number of aromatic hydroxyl groups is 3. The molecule has 0 heterocycles. The molecule has 0 saturated heterocycles. The SMILES string of the molecule is C=C(C)C(C)=c1cc(O)c(=C2C(=O)C(c3ccc(C(C)C)cc3O)=C2O)c(O)c1. The molecule has 1 aliphatic carbocycles. The normalized spacial score (nSPS) is 13.7. The number of hydrogen-bond acceptors (Lipinski definition) is 5. The minimum atomic E-state index is -0.561. The van der Waals surface area contributed by atoms with Crippen molar-refractivity contribution in [1.82, 2.24) is 0 Å². The summed E-state index contributed by atoms with van der Waals surface area (Å²) in [6.07, 6.45) is 0. The van der Waals surface area contributed by atoms with Crippen molar-refractivity contribution in [3.63, 3.8) is 0 Å². The van der Waals surface area contributed by atoms with Gasteiger partial charge in [-0.05, 0) is 54.3 Å². The fourth-order valence-corrected chi connectivity index (χ4v) is 3.33. The molecule has 0 spiro atoms. The van der Waals surface area contributed by atoms with E-state index in [1.165, 1.54) is 12.1 Å². The predicted octanol–water partition coefficient (Wildman–Crippen LogP) is 3.38. The van der Waals surface area contributed by atoms with Gasteiger partial charge in [-0.2, -0.15) is 0 Å². The first-order valence-electron chi connectivity index (χ1n) is 9.29. The Bertz CT molecular complexity index is 1180. The highest BCUT2D eigenvalue weighted by molar-refractivity contribution is 6.52. The number of carbonyl (C=O) groups excluding carboxylic acids is 1. The topological polar surface area (TPSA) is 98.0 Å². The summed E-state index contributed by atoms with van der Waals surface area (Å²) in [7, 11) is 0. The molecule has 4 N–H and O–H groups in total. The van der Waals surface area contributed by atoms with E-state index in [0.29, 0.717) is 5.22 Å². The minimum absolute atomic E-state index is 0.0413. The number of aliphatic hydroxyl groups excluding tert-OH is 1. The fraction of sp³-hybridized carbons (Fsp3) is 0.208. The summed E-state index contributed by atoms with van der Waals surface area (Å²) in [4.78, 5) is 12.8. The maximum atomic E-state index is 12.8. The van der Waals surface area contributed by atoms with Gasteiger partial charge in [0, 0.05) is 5.56 Å². The second kappa shape index (κ2) is 7.17. The van der Waals surface area contributed by atoms with Crippen molar-refractivity contribution in [2.24, 2.45) is 0 Å². The van der Waals surface area contributed by atoms with Crippen molar-refractivity contribution in [2.45, 2.75) is 33.6 Å². The zero-order valence-electron chi connectivity index (χ0n) is 16.9. The zero-order valence-corrected chi connectivity index (χ0v) is 16.9. The average Bonchev–Trinajstić information content (AvgIpc) is 2.65. The first-order chi connectivity index (χ1) is 13.5. The van der Waals surface area contributed by atoms with E-state index < -0.39 is 5.78 Å². The first kappa shape index (κ1) is 20.3. The van der Waals surface area contributed by atoms with Crippen LogP contribution in [0.3, 0.4) is 0 Å². The van der Waals surface area contributed by atoms with E-state index in [0.717, 1.165) is 16.7 Å². The standard InChI is InChI=1S/C24H24O5/c1-11(2)13(5)15-9-18(26)21(19(27)10-15)22-23(28)20(24(22)29)16-7-6-14(12(3)4)8-17(16)25/h6-10,12,25-28H,1H2,2-5H3. The van der Waals surface area contributed by atoms with Gasteiger partial charge < -0.3 is 20.4 Å². The molecular weight excluding hydrogens is 368 g/mol. The number of phenolic OH excluding ortho intramolecular Hbond substituents is 3. The van der Waals surface area contributed by atoms with E-state index in [4.69, 9.17) is 0 Å². The van der Waals surface area contributed by atoms with Crippen LogP contribution in [0, 0.1) is 0 Å². The summed E-state index contributed by atoms with van der Waals surface area (Å²) in [6, 6.07) is 7.76. The summed E-state index contributed by atoms with van der Waals surface area (Å²) in [5, 5.41) is 42.1. The Morgan fingerprint density at radius 2 is 1.48 bits per heavy atom. The average molecular weight is 392 g/mol. The second-order valence-corrected chi connectivity index (χ2v) is 7.65. The third-order valence-electron chi connectivity index (χ3n) is 5.31. The summed E-state index contributed by atoms with van der Waals surface area (Å²) < 4.78 is 0. The first-order valence-corrected chi connectivity index (χ1v) is 9.29. The molecule has 0 aromatic heterocycles. The van der Waals surface area contributed by atoms with Crippen LogP contribution in [0.2, 0.25) is 0 Å². The molecule has 0 bridgehead atoms. The number of aliphatic hydroxyl groups is 1. The Balaban J connectivity index is 2.23. The molecule has 150 valence electrons. The minimum Gasteiger partial charge on any atom is -0.507 e. The number of allylic oxidation sites excluding steroid dienone is 3. The van der Waals surface area contributed by atoms with Crippen LogP contribution in [0.25, 0.3) is 16.7 Å². The van der Waals surface area contributed by atoms with Crippen LogP contribution < -0.4 is 10.4 Å². The van der Waals surface area contributed by atoms with Crippen LogP contribution in [0.1, 0.15) is 44.7 Å². The van der Waals surface area contributed by atoms with Crippen LogP contribution in [-0.2, 0) is 4.79 Å². The molecule has 2 aromatic carbocycles. The van der Waals surface area contributed by atoms with Gasteiger partial charge in [-0.3, -0.25) is 4.79 Å². The van der Waals surface area contributed by atoms with Crippen molar-refractivity contribution >= 4 is 22.5 Å². The Hall–Kier alpha value is -3.47. The molecule has 2 aromatic rings. The molecule has 29 heavy (non-hydrogen) atoms. The lowest BCUT2D eigenvalue weighted by molar-refractivity contribution is -0.110. The predicted molar refractivity (Wildman–Crippen MR) is 113 cm³/mol. The van der Waals surface area contributed by atoms with Gasteiger partial charge in [0.15, 0.2) is 0 Å². The summed E-state index contributed by atoms with van der Waals surface area (Å²) in [6.45, 7) is 11.4. The van der Waals surface area contributed by atoms with Crippen LogP contribution in [0.15, 0.2) is 48.2 Å². The smallest absolute Gasteiger partial charge is 0.202 e. The zero-order chi connectivity index (χ0) is 21.6. The largest absolute Gasteiger partial charge is 0.507 e. The van der Waals surface area contributed by atoms with Crippen molar-refractivity contribution in [2.75, 3.05) is 0 Å². The van der Waals surface area contributed by atoms with Crippen molar-refractivity contribution < 1.29 is 25.2 Å². The molecule has 0 saturated carbocycles. The molecule has 0 fully saturated rings. The van der Waals surface area contributed by atoms with Gasteiger partial charge in [-0.1, -0.05) is 38.1 Å². The Morgan fingerprint density at radius 3 is 1.93 bits per heavy atom. The highest BCUT2D eigenvalue weighted by Gasteiger charge is 2.38. The fourth-order valence-electron chi connectivity index (χ4n) is 3.33.